The highest BCUT2D eigenvalue weighted by molar-refractivity contribution is 5.88. The molecule has 2 aromatic carbocycles. The van der Waals surface area contributed by atoms with Gasteiger partial charge >= 0.3 is 0 Å². The number of anilines is 1. The van der Waals surface area contributed by atoms with Crippen LogP contribution in [0.25, 0.3) is 0 Å². The lowest BCUT2D eigenvalue weighted by molar-refractivity contribution is -0.114. The maximum absolute atomic E-state index is 11.2. The smallest absolute Gasteiger partial charge is 0.221 e. The van der Waals surface area contributed by atoms with E-state index >= 15 is 0 Å². The maximum atomic E-state index is 11.2. The van der Waals surface area contributed by atoms with Crippen molar-refractivity contribution in [3.8, 4) is 0 Å². The van der Waals surface area contributed by atoms with Crippen molar-refractivity contribution in [2.24, 2.45) is 0 Å². The molecular weight excluding hydrogens is 288 g/mol. The molecule has 2 rings (SSSR count). The highest BCUT2D eigenvalue weighted by Gasteiger charge is 2.16. The van der Waals surface area contributed by atoms with Gasteiger partial charge in [0.05, 0.1) is 0 Å². The van der Waals surface area contributed by atoms with Gasteiger partial charge in [-0.05, 0) is 36.7 Å². The molecule has 0 aliphatic rings. The molecule has 0 radical (unpaired) electrons. The van der Waals surface area contributed by atoms with Gasteiger partial charge in [-0.1, -0.05) is 42.5 Å². The Hall–Kier alpha value is -2.17. The predicted molar refractivity (Wildman–Crippen MR) is 93.1 cm³/mol. The van der Waals surface area contributed by atoms with E-state index in [9.17, 15) is 9.90 Å². The van der Waals surface area contributed by atoms with Gasteiger partial charge in [-0.25, -0.2) is 0 Å². The number of benzene rings is 2. The highest BCUT2D eigenvalue weighted by atomic mass is 16.3. The molecule has 0 bridgehead atoms. The number of rotatable bonds is 7. The minimum Gasteiger partial charge on any atom is -0.396 e. The van der Waals surface area contributed by atoms with Gasteiger partial charge in [0.1, 0.15) is 0 Å². The third kappa shape index (κ3) is 5.20. The van der Waals surface area contributed by atoms with Gasteiger partial charge in [0.15, 0.2) is 0 Å². The summed E-state index contributed by atoms with van der Waals surface area (Å²) in [5, 5.41) is 12.2. The molecule has 0 unspecified atom stereocenters. The number of aliphatic hydroxyl groups excluding tert-OH is 1. The molecule has 0 heterocycles. The molecule has 23 heavy (non-hydrogen) atoms. The molecule has 0 aromatic heterocycles. The van der Waals surface area contributed by atoms with E-state index in [1.54, 1.807) is 0 Å². The summed E-state index contributed by atoms with van der Waals surface area (Å²) >= 11 is 0. The molecule has 1 amide bonds. The van der Waals surface area contributed by atoms with E-state index in [0.29, 0.717) is 6.42 Å². The Bertz CT molecular complexity index is 628. The fourth-order valence-corrected chi connectivity index (χ4v) is 2.79. The number of carbonyl (C=O) groups is 1. The van der Waals surface area contributed by atoms with Crippen LogP contribution in [-0.4, -0.2) is 29.6 Å². The number of carbonyl (C=O) groups excluding carboxylic acids is 1. The minimum absolute atomic E-state index is 0.0713. The number of nitrogens with one attached hydrogen (secondary N) is 1. The SMILES string of the molecule is CC(=O)Nc1cccc(CN(C)[C@@H](CCO)c2ccccc2)c1. The Balaban J connectivity index is 2.12. The lowest BCUT2D eigenvalue weighted by Gasteiger charge is -2.28. The van der Waals surface area contributed by atoms with Crippen molar-refractivity contribution in [3.63, 3.8) is 0 Å². The second-order valence-corrected chi connectivity index (χ2v) is 5.74. The minimum atomic E-state index is -0.0713. The van der Waals surface area contributed by atoms with Crippen LogP contribution in [0.1, 0.15) is 30.5 Å². The normalized spacial score (nSPS) is 12.2. The van der Waals surface area contributed by atoms with Gasteiger partial charge in [-0.15, -0.1) is 0 Å². The zero-order valence-corrected chi connectivity index (χ0v) is 13.7. The van der Waals surface area contributed by atoms with E-state index in [0.717, 1.165) is 17.8 Å². The van der Waals surface area contributed by atoms with Crippen molar-refractivity contribution in [2.45, 2.75) is 25.9 Å². The first-order chi connectivity index (χ1) is 11.1. The number of aliphatic hydroxyl groups is 1. The molecule has 4 heteroatoms. The average molecular weight is 312 g/mol. The molecule has 1 atom stereocenters. The van der Waals surface area contributed by atoms with E-state index in [1.165, 1.54) is 12.5 Å². The van der Waals surface area contributed by atoms with Crippen LogP contribution in [0.3, 0.4) is 0 Å². The molecule has 122 valence electrons. The third-order valence-corrected chi connectivity index (χ3v) is 3.80. The van der Waals surface area contributed by atoms with Crippen LogP contribution >= 0.6 is 0 Å². The van der Waals surface area contributed by atoms with E-state index in [2.05, 4.69) is 29.4 Å². The summed E-state index contributed by atoms with van der Waals surface area (Å²) in [4.78, 5) is 13.4. The fourth-order valence-electron chi connectivity index (χ4n) is 2.79. The molecule has 2 N–H and O–H groups in total. The zero-order valence-electron chi connectivity index (χ0n) is 13.7. The molecule has 2 aromatic rings. The second-order valence-electron chi connectivity index (χ2n) is 5.74. The van der Waals surface area contributed by atoms with Crippen molar-refractivity contribution in [1.82, 2.24) is 4.90 Å². The van der Waals surface area contributed by atoms with Crippen molar-refractivity contribution in [1.29, 1.82) is 0 Å². The van der Waals surface area contributed by atoms with Crippen LogP contribution in [-0.2, 0) is 11.3 Å². The number of hydrogen-bond donors (Lipinski definition) is 2. The van der Waals surface area contributed by atoms with Crippen LogP contribution < -0.4 is 5.32 Å². The van der Waals surface area contributed by atoms with Gasteiger partial charge in [-0.2, -0.15) is 0 Å². The van der Waals surface area contributed by atoms with E-state index in [-0.39, 0.29) is 18.6 Å². The van der Waals surface area contributed by atoms with Crippen molar-refractivity contribution >= 4 is 11.6 Å². The fraction of sp³-hybridized carbons (Fsp3) is 0.316. The molecular formula is C19H24N2O2. The Kier molecular flexibility index (Phi) is 6.32. The molecule has 4 nitrogen and oxygen atoms in total. The summed E-state index contributed by atoms with van der Waals surface area (Å²) in [6.45, 7) is 2.40. The van der Waals surface area contributed by atoms with Gasteiger partial charge in [0, 0.05) is 31.8 Å². The standard InChI is InChI=1S/C19H24N2O2/c1-15(23)20-18-10-6-7-16(13-18)14-21(2)19(11-12-22)17-8-4-3-5-9-17/h3-10,13,19,22H,11-12,14H2,1-2H3,(H,20,23)/t19-/m0/s1. The molecule has 0 spiro atoms. The Morgan fingerprint density at radius 2 is 1.91 bits per heavy atom. The lowest BCUT2D eigenvalue weighted by Crippen LogP contribution is -2.25. The van der Waals surface area contributed by atoms with Gasteiger partial charge < -0.3 is 10.4 Å². The Morgan fingerprint density at radius 1 is 1.17 bits per heavy atom. The topological polar surface area (TPSA) is 52.6 Å². The van der Waals surface area contributed by atoms with Crippen molar-refractivity contribution in [3.05, 3.63) is 65.7 Å². The van der Waals surface area contributed by atoms with Crippen LogP contribution in [0.5, 0.6) is 0 Å². The van der Waals surface area contributed by atoms with E-state index < -0.39 is 0 Å². The van der Waals surface area contributed by atoms with Crippen LogP contribution in [0.2, 0.25) is 0 Å². The van der Waals surface area contributed by atoms with Crippen LogP contribution in [0, 0.1) is 0 Å². The lowest BCUT2D eigenvalue weighted by atomic mass is 10.0. The first-order valence-corrected chi connectivity index (χ1v) is 7.82. The second kappa shape index (κ2) is 8.46. The summed E-state index contributed by atoms with van der Waals surface area (Å²) in [5.41, 5.74) is 3.13. The molecule has 0 aliphatic carbocycles. The van der Waals surface area contributed by atoms with Gasteiger partial charge in [0.2, 0.25) is 5.91 Å². The Labute approximate surface area is 137 Å². The summed E-state index contributed by atoms with van der Waals surface area (Å²) < 4.78 is 0. The molecule has 0 aliphatic heterocycles. The molecule has 0 saturated carbocycles. The van der Waals surface area contributed by atoms with E-state index in [1.807, 2.05) is 42.5 Å². The number of hydrogen-bond acceptors (Lipinski definition) is 3. The zero-order chi connectivity index (χ0) is 16.7. The van der Waals surface area contributed by atoms with Gasteiger partial charge in [0.25, 0.3) is 0 Å². The first kappa shape index (κ1) is 17.2. The van der Waals surface area contributed by atoms with E-state index in [4.69, 9.17) is 0 Å². The first-order valence-electron chi connectivity index (χ1n) is 7.82. The highest BCUT2D eigenvalue weighted by Crippen LogP contribution is 2.25. The van der Waals surface area contributed by atoms with Crippen LogP contribution in [0.4, 0.5) is 5.69 Å². The third-order valence-electron chi connectivity index (χ3n) is 3.80. The number of nitrogens with zero attached hydrogens (tertiary/aromatic N) is 1. The van der Waals surface area contributed by atoms with Gasteiger partial charge in [-0.3, -0.25) is 9.69 Å². The predicted octanol–water partition coefficient (Wildman–Crippen LogP) is 3.20. The van der Waals surface area contributed by atoms with Crippen molar-refractivity contribution < 1.29 is 9.90 Å². The summed E-state index contributed by atoms with van der Waals surface area (Å²) in [6.07, 6.45) is 0.686. The van der Waals surface area contributed by atoms with Crippen molar-refractivity contribution in [2.75, 3.05) is 19.0 Å². The summed E-state index contributed by atoms with van der Waals surface area (Å²) in [5.74, 6) is -0.0713. The summed E-state index contributed by atoms with van der Waals surface area (Å²) in [6, 6.07) is 18.2. The quantitative estimate of drug-likeness (QED) is 0.825. The molecule has 0 saturated heterocycles. The van der Waals surface area contributed by atoms with Crippen LogP contribution in [0.15, 0.2) is 54.6 Å². The largest absolute Gasteiger partial charge is 0.396 e. The average Bonchev–Trinajstić information content (AvgIpc) is 2.53. The summed E-state index contributed by atoms with van der Waals surface area (Å²) in [7, 11) is 2.05. The molecule has 0 fully saturated rings. The monoisotopic (exact) mass is 312 g/mol. The number of amides is 1. The maximum Gasteiger partial charge on any atom is 0.221 e. The Morgan fingerprint density at radius 3 is 2.57 bits per heavy atom.